The fraction of sp³-hybridized carbons (Fsp3) is 0.318. The minimum absolute atomic E-state index is 0.0282. The molecular formula is C22H23FN4O. The van der Waals surface area contributed by atoms with Crippen LogP contribution in [0.4, 0.5) is 15.9 Å². The van der Waals surface area contributed by atoms with E-state index in [0.717, 1.165) is 42.1 Å². The van der Waals surface area contributed by atoms with Crippen LogP contribution in [0.5, 0.6) is 0 Å². The van der Waals surface area contributed by atoms with Gasteiger partial charge in [-0.25, -0.2) is 9.37 Å². The van der Waals surface area contributed by atoms with Crippen LogP contribution in [0.1, 0.15) is 43.6 Å². The first-order chi connectivity index (χ1) is 13.6. The molecule has 2 heterocycles. The third-order valence-corrected chi connectivity index (χ3v) is 5.61. The normalized spacial score (nSPS) is 19.5. The van der Waals surface area contributed by atoms with E-state index in [0.29, 0.717) is 29.8 Å². The number of hydrogen-bond donors (Lipinski definition) is 2. The number of carbonyl (C=O) groups excluding carboxylic acids is 1. The molecule has 3 aromatic rings. The Kier molecular flexibility index (Phi) is 5.19. The molecule has 1 aliphatic rings. The molecule has 6 heteroatoms. The van der Waals surface area contributed by atoms with E-state index >= 15 is 0 Å². The summed E-state index contributed by atoms with van der Waals surface area (Å²) in [6.07, 6.45) is 7.80. The Morgan fingerprint density at radius 2 is 1.93 bits per heavy atom. The number of fused-ring (bicyclic) bond motifs is 1. The lowest BCUT2D eigenvalue weighted by atomic mass is 9.77. The number of nitrogens with two attached hydrogens (primary N) is 1. The van der Waals surface area contributed by atoms with Crippen LogP contribution in [0.3, 0.4) is 0 Å². The Labute approximate surface area is 163 Å². The number of rotatable bonds is 4. The Morgan fingerprint density at radius 3 is 2.71 bits per heavy atom. The fourth-order valence-electron chi connectivity index (χ4n) is 4.16. The van der Waals surface area contributed by atoms with Crippen molar-refractivity contribution in [1.82, 2.24) is 9.97 Å². The van der Waals surface area contributed by atoms with E-state index in [1.54, 1.807) is 36.7 Å². The van der Waals surface area contributed by atoms with E-state index in [-0.39, 0.29) is 11.7 Å². The summed E-state index contributed by atoms with van der Waals surface area (Å²) in [6.45, 7) is 0. The number of nitrogens with one attached hydrogen (secondary N) is 1. The van der Waals surface area contributed by atoms with Gasteiger partial charge in [-0.05, 0) is 79.5 Å². The van der Waals surface area contributed by atoms with E-state index in [2.05, 4.69) is 15.3 Å². The minimum Gasteiger partial charge on any atom is -0.382 e. The van der Waals surface area contributed by atoms with Crippen molar-refractivity contribution in [3.63, 3.8) is 0 Å². The maximum Gasteiger partial charge on any atom is 0.224 e. The van der Waals surface area contributed by atoms with E-state index in [4.69, 9.17) is 5.73 Å². The maximum absolute atomic E-state index is 13.7. The van der Waals surface area contributed by atoms with Crippen LogP contribution in [0.25, 0.3) is 10.9 Å². The van der Waals surface area contributed by atoms with Crippen LogP contribution in [0.15, 0.2) is 48.8 Å². The summed E-state index contributed by atoms with van der Waals surface area (Å²) >= 11 is 0. The number of carbonyl (C=O) groups is 1. The average Bonchev–Trinajstić information content (AvgIpc) is 2.70. The van der Waals surface area contributed by atoms with Crippen molar-refractivity contribution in [2.75, 3.05) is 11.1 Å². The molecule has 0 unspecified atom stereocenters. The largest absolute Gasteiger partial charge is 0.382 e. The molecule has 1 amide bonds. The van der Waals surface area contributed by atoms with E-state index in [9.17, 15) is 9.18 Å². The molecule has 0 spiro atoms. The topological polar surface area (TPSA) is 80.9 Å². The summed E-state index contributed by atoms with van der Waals surface area (Å²) in [7, 11) is 0. The van der Waals surface area contributed by atoms with Gasteiger partial charge in [0.25, 0.3) is 0 Å². The highest BCUT2D eigenvalue weighted by Gasteiger charge is 2.25. The van der Waals surface area contributed by atoms with Gasteiger partial charge in [-0.1, -0.05) is 0 Å². The number of nitrogen functional groups attached to an aromatic ring is 1. The molecule has 28 heavy (non-hydrogen) atoms. The Bertz CT molecular complexity index is 999. The molecular weight excluding hydrogens is 355 g/mol. The van der Waals surface area contributed by atoms with Gasteiger partial charge in [0.1, 0.15) is 11.6 Å². The lowest BCUT2D eigenvalue weighted by molar-refractivity contribution is -0.117. The molecule has 4 rings (SSSR count). The number of nitrogens with zero attached hydrogens (tertiary/aromatic N) is 2. The van der Waals surface area contributed by atoms with Crippen molar-refractivity contribution in [2.45, 2.75) is 38.0 Å². The molecule has 1 aromatic carbocycles. The Balaban J connectivity index is 1.38. The number of pyridine rings is 2. The summed E-state index contributed by atoms with van der Waals surface area (Å²) in [6, 6.07) is 10.3. The van der Waals surface area contributed by atoms with Crippen LogP contribution < -0.4 is 11.1 Å². The van der Waals surface area contributed by atoms with E-state index in [1.165, 1.54) is 6.07 Å². The second kappa shape index (κ2) is 7.92. The van der Waals surface area contributed by atoms with Gasteiger partial charge in [0, 0.05) is 24.2 Å². The smallest absolute Gasteiger partial charge is 0.224 e. The minimum atomic E-state index is -0.234. The summed E-state index contributed by atoms with van der Waals surface area (Å²) in [4.78, 5) is 20.7. The van der Waals surface area contributed by atoms with Crippen LogP contribution in [-0.4, -0.2) is 15.9 Å². The number of amides is 1. The van der Waals surface area contributed by atoms with Gasteiger partial charge in [-0.15, -0.1) is 0 Å². The summed E-state index contributed by atoms with van der Waals surface area (Å²) in [5.41, 5.74) is 8.34. The zero-order valence-electron chi connectivity index (χ0n) is 15.6. The molecule has 144 valence electrons. The molecule has 3 N–H and O–H groups in total. The quantitative estimate of drug-likeness (QED) is 0.692. The van der Waals surface area contributed by atoms with Gasteiger partial charge in [0.05, 0.1) is 11.2 Å². The molecule has 1 saturated carbocycles. The second-order valence-electron chi connectivity index (χ2n) is 7.47. The van der Waals surface area contributed by atoms with Gasteiger partial charge in [0.15, 0.2) is 0 Å². The van der Waals surface area contributed by atoms with Gasteiger partial charge in [0.2, 0.25) is 5.91 Å². The number of hydrogen-bond acceptors (Lipinski definition) is 4. The van der Waals surface area contributed by atoms with E-state index < -0.39 is 0 Å². The predicted molar refractivity (Wildman–Crippen MR) is 108 cm³/mol. The van der Waals surface area contributed by atoms with Crippen LogP contribution in [-0.2, 0) is 4.79 Å². The number of benzene rings is 1. The molecule has 2 aromatic heterocycles. The zero-order valence-corrected chi connectivity index (χ0v) is 15.6. The molecule has 0 aliphatic heterocycles. The lowest BCUT2D eigenvalue weighted by Gasteiger charge is -2.29. The van der Waals surface area contributed by atoms with Crippen molar-refractivity contribution < 1.29 is 9.18 Å². The zero-order chi connectivity index (χ0) is 19.5. The maximum atomic E-state index is 13.7. The monoisotopic (exact) mass is 378 g/mol. The SMILES string of the molecule is Nc1ncccc1NC(=O)CC1CCC(c2ccnc3ccc(F)cc23)CC1. The summed E-state index contributed by atoms with van der Waals surface area (Å²) < 4.78 is 13.7. The summed E-state index contributed by atoms with van der Waals surface area (Å²) in [5, 5.41) is 3.75. The highest BCUT2D eigenvalue weighted by molar-refractivity contribution is 5.93. The highest BCUT2D eigenvalue weighted by atomic mass is 19.1. The molecule has 1 aliphatic carbocycles. The van der Waals surface area contributed by atoms with Crippen molar-refractivity contribution in [1.29, 1.82) is 0 Å². The third-order valence-electron chi connectivity index (χ3n) is 5.61. The average molecular weight is 378 g/mol. The highest BCUT2D eigenvalue weighted by Crippen LogP contribution is 2.39. The molecule has 5 nitrogen and oxygen atoms in total. The van der Waals surface area contributed by atoms with Crippen molar-refractivity contribution in [2.24, 2.45) is 5.92 Å². The molecule has 0 atom stereocenters. The second-order valence-corrected chi connectivity index (χ2v) is 7.47. The number of halogens is 1. The van der Waals surface area contributed by atoms with Gasteiger partial charge >= 0.3 is 0 Å². The van der Waals surface area contributed by atoms with E-state index in [1.807, 2.05) is 6.07 Å². The molecule has 1 fully saturated rings. The molecule has 0 bridgehead atoms. The molecule has 0 radical (unpaired) electrons. The standard InChI is InChI=1S/C22H23FN4O/c23-16-7-8-19-18(13-16)17(9-11-25-19)15-5-3-14(4-6-15)12-21(28)27-20-2-1-10-26-22(20)24/h1-2,7-11,13-15H,3-6,12H2,(H2,24,26)(H,27,28). The Hall–Kier alpha value is -3.02. The van der Waals surface area contributed by atoms with Crippen molar-refractivity contribution >= 4 is 28.3 Å². The first kappa shape index (κ1) is 18.3. The van der Waals surface area contributed by atoms with Crippen molar-refractivity contribution in [3.05, 3.63) is 60.2 Å². The van der Waals surface area contributed by atoms with Crippen LogP contribution in [0, 0.1) is 11.7 Å². The van der Waals surface area contributed by atoms with Crippen LogP contribution in [0.2, 0.25) is 0 Å². The first-order valence-electron chi connectivity index (χ1n) is 9.64. The number of anilines is 2. The predicted octanol–water partition coefficient (Wildman–Crippen LogP) is 4.65. The summed E-state index contributed by atoms with van der Waals surface area (Å²) in [5.74, 6) is 0.789. The van der Waals surface area contributed by atoms with Gasteiger partial charge < -0.3 is 11.1 Å². The lowest BCUT2D eigenvalue weighted by Crippen LogP contribution is -2.21. The van der Waals surface area contributed by atoms with Crippen LogP contribution >= 0.6 is 0 Å². The van der Waals surface area contributed by atoms with Gasteiger partial charge in [-0.2, -0.15) is 0 Å². The fourth-order valence-corrected chi connectivity index (χ4v) is 4.16. The Morgan fingerprint density at radius 1 is 1.11 bits per heavy atom. The first-order valence-corrected chi connectivity index (χ1v) is 9.64. The molecule has 0 saturated heterocycles. The van der Waals surface area contributed by atoms with Crippen molar-refractivity contribution in [3.8, 4) is 0 Å². The van der Waals surface area contributed by atoms with Gasteiger partial charge in [-0.3, -0.25) is 9.78 Å². The third kappa shape index (κ3) is 3.96. The number of aromatic nitrogens is 2.